The van der Waals surface area contributed by atoms with Crippen LogP contribution in [0.1, 0.15) is 51.9 Å². The van der Waals surface area contributed by atoms with E-state index >= 15 is 0 Å². The SMILES string of the molecule is C=C1CCC(N2Cc3cc(OC4CN(Cc5ccc(C#N)cc5)CCC4NCc4ccccc4)ccc3C2=O)C(=O)N1. The van der Waals surface area contributed by atoms with Crippen molar-refractivity contribution in [1.29, 1.82) is 5.26 Å². The number of nitrogens with zero attached hydrogens (tertiary/aromatic N) is 3. The molecule has 3 atom stereocenters. The van der Waals surface area contributed by atoms with Gasteiger partial charge in [-0.3, -0.25) is 14.5 Å². The second-order valence-corrected chi connectivity index (χ2v) is 11.4. The van der Waals surface area contributed by atoms with Gasteiger partial charge in [0.25, 0.3) is 5.91 Å². The van der Waals surface area contributed by atoms with E-state index in [4.69, 9.17) is 10.00 Å². The number of allylic oxidation sites excluding steroid dienone is 1. The molecule has 3 heterocycles. The maximum atomic E-state index is 13.2. The summed E-state index contributed by atoms with van der Waals surface area (Å²) in [4.78, 5) is 29.9. The minimum Gasteiger partial charge on any atom is -0.487 e. The van der Waals surface area contributed by atoms with Gasteiger partial charge in [-0.05, 0) is 66.3 Å². The molecule has 8 heteroatoms. The number of likely N-dealkylation sites (tertiary alicyclic amines) is 1. The van der Waals surface area contributed by atoms with E-state index in [1.54, 1.807) is 4.90 Å². The molecular weight excluding hydrogens is 526 g/mol. The Morgan fingerprint density at radius 1 is 1.02 bits per heavy atom. The number of nitriles is 1. The predicted molar refractivity (Wildman–Crippen MR) is 159 cm³/mol. The molecule has 8 nitrogen and oxygen atoms in total. The van der Waals surface area contributed by atoms with Crippen LogP contribution in [0, 0.1) is 11.3 Å². The Kier molecular flexibility index (Phi) is 8.04. The van der Waals surface area contributed by atoms with E-state index in [2.05, 4.69) is 40.3 Å². The highest BCUT2D eigenvalue weighted by Crippen LogP contribution is 2.32. The Balaban J connectivity index is 1.17. The van der Waals surface area contributed by atoms with Crippen LogP contribution in [-0.4, -0.2) is 52.9 Å². The molecule has 0 aromatic heterocycles. The van der Waals surface area contributed by atoms with Crippen molar-refractivity contribution in [2.24, 2.45) is 0 Å². The van der Waals surface area contributed by atoms with Gasteiger partial charge in [0.05, 0.1) is 11.6 Å². The van der Waals surface area contributed by atoms with Gasteiger partial charge in [-0.1, -0.05) is 49.0 Å². The number of hydrogen-bond acceptors (Lipinski definition) is 6. The molecule has 3 aromatic carbocycles. The van der Waals surface area contributed by atoms with Crippen molar-refractivity contribution < 1.29 is 14.3 Å². The normalized spacial score (nSPS) is 22.4. The van der Waals surface area contributed by atoms with Crippen molar-refractivity contribution in [2.75, 3.05) is 13.1 Å². The lowest BCUT2D eigenvalue weighted by molar-refractivity contribution is -0.126. The summed E-state index contributed by atoms with van der Waals surface area (Å²) in [6.45, 7) is 7.44. The Labute approximate surface area is 246 Å². The van der Waals surface area contributed by atoms with Crippen molar-refractivity contribution >= 4 is 11.8 Å². The van der Waals surface area contributed by atoms with Gasteiger partial charge in [-0.25, -0.2) is 0 Å². The van der Waals surface area contributed by atoms with Gasteiger partial charge in [-0.15, -0.1) is 0 Å². The molecule has 2 amide bonds. The molecule has 0 saturated carbocycles. The number of ether oxygens (including phenoxy) is 1. The Morgan fingerprint density at radius 2 is 1.83 bits per heavy atom. The van der Waals surface area contributed by atoms with Crippen LogP contribution in [0.15, 0.2) is 85.1 Å². The summed E-state index contributed by atoms with van der Waals surface area (Å²) in [6, 6.07) is 25.6. The average molecular weight is 562 g/mol. The van der Waals surface area contributed by atoms with E-state index in [0.29, 0.717) is 36.2 Å². The summed E-state index contributed by atoms with van der Waals surface area (Å²) in [5.74, 6) is 0.445. The van der Waals surface area contributed by atoms with E-state index in [1.807, 2.05) is 60.7 Å². The Hall–Kier alpha value is -4.45. The molecular formula is C34H35N5O3. The fraction of sp³-hybridized carbons (Fsp3) is 0.324. The topological polar surface area (TPSA) is 97.7 Å². The minimum atomic E-state index is -0.486. The van der Waals surface area contributed by atoms with Crippen molar-refractivity contribution in [3.63, 3.8) is 0 Å². The molecule has 3 aromatic rings. The molecule has 42 heavy (non-hydrogen) atoms. The minimum absolute atomic E-state index is 0.109. The van der Waals surface area contributed by atoms with E-state index < -0.39 is 6.04 Å². The van der Waals surface area contributed by atoms with E-state index in [1.165, 1.54) is 5.56 Å². The molecule has 6 rings (SSSR count). The zero-order valence-corrected chi connectivity index (χ0v) is 23.6. The molecule has 214 valence electrons. The van der Waals surface area contributed by atoms with Crippen LogP contribution in [0.2, 0.25) is 0 Å². The van der Waals surface area contributed by atoms with E-state index in [9.17, 15) is 9.59 Å². The number of nitrogens with one attached hydrogen (secondary N) is 2. The first-order valence-corrected chi connectivity index (χ1v) is 14.5. The number of piperidine rings is 2. The summed E-state index contributed by atoms with van der Waals surface area (Å²) in [7, 11) is 0. The lowest BCUT2D eigenvalue weighted by Crippen LogP contribution is -2.54. The number of carbonyl (C=O) groups excluding carboxylic acids is 2. The third-order valence-corrected chi connectivity index (χ3v) is 8.44. The lowest BCUT2D eigenvalue weighted by atomic mass is 10.00. The van der Waals surface area contributed by atoms with Crippen molar-refractivity contribution in [3.05, 3.63) is 113 Å². The Morgan fingerprint density at radius 3 is 2.60 bits per heavy atom. The van der Waals surface area contributed by atoms with Crippen molar-refractivity contribution in [3.8, 4) is 11.8 Å². The number of rotatable bonds is 8. The monoisotopic (exact) mass is 561 g/mol. The number of carbonyl (C=O) groups is 2. The van der Waals surface area contributed by atoms with Crippen molar-refractivity contribution in [1.82, 2.24) is 20.4 Å². The smallest absolute Gasteiger partial charge is 0.255 e. The molecule has 0 radical (unpaired) electrons. The summed E-state index contributed by atoms with van der Waals surface area (Å²) >= 11 is 0. The first-order valence-electron chi connectivity index (χ1n) is 14.5. The molecule has 2 fully saturated rings. The highest BCUT2D eigenvalue weighted by atomic mass is 16.5. The van der Waals surface area contributed by atoms with Gasteiger partial charge in [0, 0.05) is 50.0 Å². The number of amides is 2. The fourth-order valence-electron chi connectivity index (χ4n) is 6.14. The average Bonchev–Trinajstić information content (AvgIpc) is 3.32. The number of fused-ring (bicyclic) bond motifs is 1. The van der Waals surface area contributed by atoms with Crippen LogP contribution >= 0.6 is 0 Å². The molecule has 2 N–H and O–H groups in total. The van der Waals surface area contributed by atoms with Crippen LogP contribution in [0.3, 0.4) is 0 Å². The van der Waals surface area contributed by atoms with E-state index in [-0.39, 0.29) is 24.0 Å². The van der Waals surface area contributed by atoms with Gasteiger partial charge in [0.15, 0.2) is 0 Å². The van der Waals surface area contributed by atoms with Gasteiger partial charge in [0.1, 0.15) is 17.9 Å². The Bertz CT molecular complexity index is 1510. The van der Waals surface area contributed by atoms with Gasteiger partial charge >= 0.3 is 0 Å². The summed E-state index contributed by atoms with van der Waals surface area (Å²) in [5, 5.41) is 15.7. The quantitative estimate of drug-likeness (QED) is 0.430. The summed E-state index contributed by atoms with van der Waals surface area (Å²) in [6.07, 6.45) is 2.07. The molecule has 3 unspecified atom stereocenters. The highest BCUT2D eigenvalue weighted by molar-refractivity contribution is 6.01. The maximum Gasteiger partial charge on any atom is 0.255 e. The van der Waals surface area contributed by atoms with Crippen molar-refractivity contribution in [2.45, 2.75) is 57.1 Å². The van der Waals surface area contributed by atoms with Crippen LogP contribution in [0.5, 0.6) is 5.75 Å². The third-order valence-electron chi connectivity index (χ3n) is 8.44. The molecule has 3 aliphatic heterocycles. The number of benzene rings is 3. The first kappa shape index (κ1) is 27.7. The van der Waals surface area contributed by atoms with Gasteiger partial charge in [-0.2, -0.15) is 5.26 Å². The van der Waals surface area contributed by atoms with Crippen LogP contribution in [0.4, 0.5) is 0 Å². The molecule has 2 saturated heterocycles. The van der Waals surface area contributed by atoms with Gasteiger partial charge < -0.3 is 20.3 Å². The van der Waals surface area contributed by atoms with E-state index in [0.717, 1.165) is 49.5 Å². The van der Waals surface area contributed by atoms with Crippen LogP contribution < -0.4 is 15.4 Å². The highest BCUT2D eigenvalue weighted by Gasteiger charge is 2.38. The van der Waals surface area contributed by atoms with Gasteiger partial charge in [0.2, 0.25) is 5.91 Å². The second kappa shape index (κ2) is 12.2. The largest absolute Gasteiger partial charge is 0.487 e. The summed E-state index contributed by atoms with van der Waals surface area (Å²) < 4.78 is 6.67. The third kappa shape index (κ3) is 6.08. The standard InChI is InChI=1S/C34H35N5O3/c1-23-7-14-31(33(40)37-23)39-21-27-17-28(12-13-29(27)34(39)41)42-32-22-38(20-26-10-8-24(18-35)9-11-26)16-15-30(32)36-19-25-5-3-2-4-6-25/h2-6,8-13,17,30-32,36H,1,7,14-16,19-22H2,(H,37,40). The zero-order chi connectivity index (χ0) is 29.1. The summed E-state index contributed by atoms with van der Waals surface area (Å²) in [5.41, 5.74) is 5.26. The maximum absolute atomic E-state index is 13.2. The molecule has 3 aliphatic rings. The first-order chi connectivity index (χ1) is 20.5. The lowest BCUT2D eigenvalue weighted by Gasteiger charge is -2.39. The zero-order valence-electron chi connectivity index (χ0n) is 23.6. The molecule has 0 bridgehead atoms. The fourth-order valence-corrected chi connectivity index (χ4v) is 6.14. The molecule has 0 spiro atoms. The molecule has 0 aliphatic carbocycles. The van der Waals surface area contributed by atoms with Crippen LogP contribution in [0.25, 0.3) is 0 Å². The second-order valence-electron chi connectivity index (χ2n) is 11.4. The predicted octanol–water partition coefficient (Wildman–Crippen LogP) is 4.12. The van der Waals surface area contributed by atoms with Crippen LogP contribution in [-0.2, 0) is 24.4 Å². The number of hydrogen-bond donors (Lipinski definition) is 2.